The number of hydrogen-bond acceptors (Lipinski definition) is 2. The van der Waals surface area contributed by atoms with Crippen LogP contribution in [-0.4, -0.2) is 49.6 Å². The summed E-state index contributed by atoms with van der Waals surface area (Å²) in [5, 5.41) is 0. The molecule has 0 radical (unpaired) electrons. The highest BCUT2D eigenvalue weighted by Gasteiger charge is 2.11. The minimum atomic E-state index is 0. The van der Waals surface area contributed by atoms with Crippen molar-refractivity contribution < 1.29 is 0 Å². The highest BCUT2D eigenvalue weighted by molar-refractivity contribution is 4.67. The molecule has 0 atom stereocenters. The molecular formula is C11H30N2. The molecule has 1 aliphatic heterocycles. The second-order valence-electron chi connectivity index (χ2n) is 3.14. The molecule has 1 saturated heterocycles. The van der Waals surface area contributed by atoms with Gasteiger partial charge in [0.2, 0.25) is 0 Å². The molecule has 1 aliphatic rings. The second kappa shape index (κ2) is 10.0. The summed E-state index contributed by atoms with van der Waals surface area (Å²) in [5.74, 6) is 0. The molecule has 0 saturated carbocycles. The van der Waals surface area contributed by atoms with Crippen molar-refractivity contribution in [2.45, 2.75) is 35.6 Å². The van der Waals surface area contributed by atoms with Gasteiger partial charge in [-0.2, -0.15) is 0 Å². The van der Waals surface area contributed by atoms with Crippen molar-refractivity contribution in [1.29, 1.82) is 0 Å². The molecule has 0 aromatic carbocycles. The summed E-state index contributed by atoms with van der Waals surface area (Å²) in [6, 6.07) is 0. The van der Waals surface area contributed by atoms with Crippen LogP contribution in [0.3, 0.4) is 0 Å². The Morgan fingerprint density at radius 2 is 1.38 bits per heavy atom. The lowest BCUT2D eigenvalue weighted by Crippen LogP contribution is -2.44. The summed E-state index contributed by atoms with van der Waals surface area (Å²) < 4.78 is 0. The topological polar surface area (TPSA) is 6.48 Å². The van der Waals surface area contributed by atoms with Gasteiger partial charge in [-0.3, -0.25) is 0 Å². The smallest absolute Gasteiger partial charge is 0.0110 e. The van der Waals surface area contributed by atoms with Gasteiger partial charge in [-0.15, -0.1) is 0 Å². The van der Waals surface area contributed by atoms with E-state index in [1.54, 1.807) is 0 Å². The SMILES string of the molecule is C.C.C.CCCN1CCN(C)CC1. The average molecular weight is 190 g/mol. The molecule has 0 amide bonds. The highest BCUT2D eigenvalue weighted by Crippen LogP contribution is 1.98. The van der Waals surface area contributed by atoms with Crippen molar-refractivity contribution in [3.63, 3.8) is 0 Å². The van der Waals surface area contributed by atoms with E-state index in [1.165, 1.54) is 39.1 Å². The van der Waals surface area contributed by atoms with Gasteiger partial charge in [0.25, 0.3) is 0 Å². The lowest BCUT2D eigenvalue weighted by atomic mass is 10.3. The normalized spacial score (nSPS) is 18.0. The van der Waals surface area contributed by atoms with E-state index in [-0.39, 0.29) is 22.3 Å². The molecule has 0 aromatic heterocycles. The fourth-order valence-electron chi connectivity index (χ4n) is 1.39. The fraction of sp³-hybridized carbons (Fsp3) is 1.00. The Bertz CT molecular complexity index is 86.1. The van der Waals surface area contributed by atoms with Gasteiger partial charge in [0.05, 0.1) is 0 Å². The van der Waals surface area contributed by atoms with Crippen LogP contribution in [-0.2, 0) is 0 Å². The first-order valence-electron chi connectivity index (χ1n) is 4.24. The minimum Gasteiger partial charge on any atom is -0.304 e. The van der Waals surface area contributed by atoms with E-state index in [0.29, 0.717) is 0 Å². The zero-order chi connectivity index (χ0) is 7.40. The molecular weight excluding hydrogens is 160 g/mol. The van der Waals surface area contributed by atoms with E-state index in [4.69, 9.17) is 0 Å². The summed E-state index contributed by atoms with van der Waals surface area (Å²) in [6.45, 7) is 8.57. The van der Waals surface area contributed by atoms with Crippen LogP contribution >= 0.6 is 0 Å². The van der Waals surface area contributed by atoms with Crippen molar-refractivity contribution in [2.75, 3.05) is 39.8 Å². The van der Waals surface area contributed by atoms with Crippen LogP contribution in [0.5, 0.6) is 0 Å². The number of nitrogens with zero attached hydrogens (tertiary/aromatic N) is 2. The number of likely N-dealkylation sites (N-methyl/N-ethyl adjacent to an activating group) is 1. The van der Waals surface area contributed by atoms with E-state index in [0.717, 1.165) is 0 Å². The van der Waals surface area contributed by atoms with Crippen molar-refractivity contribution >= 4 is 0 Å². The first-order chi connectivity index (χ1) is 4.83. The fourth-order valence-corrected chi connectivity index (χ4v) is 1.39. The van der Waals surface area contributed by atoms with Gasteiger partial charge in [0.15, 0.2) is 0 Å². The van der Waals surface area contributed by atoms with E-state index in [9.17, 15) is 0 Å². The molecule has 0 N–H and O–H groups in total. The summed E-state index contributed by atoms with van der Waals surface area (Å²) in [4.78, 5) is 4.94. The number of rotatable bonds is 2. The minimum absolute atomic E-state index is 0. The average Bonchev–Trinajstić information content (AvgIpc) is 1.95. The maximum absolute atomic E-state index is 2.54. The molecule has 0 unspecified atom stereocenters. The third-order valence-corrected chi connectivity index (χ3v) is 2.14. The van der Waals surface area contributed by atoms with Crippen LogP contribution in [0.2, 0.25) is 0 Å². The Kier molecular flexibility index (Phi) is 14.4. The van der Waals surface area contributed by atoms with E-state index in [1.807, 2.05) is 0 Å². The van der Waals surface area contributed by atoms with Gasteiger partial charge in [-0.05, 0) is 20.0 Å². The Balaban J connectivity index is -0.000000333. The molecule has 0 aliphatic carbocycles. The quantitative estimate of drug-likeness (QED) is 0.660. The third-order valence-electron chi connectivity index (χ3n) is 2.14. The summed E-state index contributed by atoms with van der Waals surface area (Å²) in [5.41, 5.74) is 0. The van der Waals surface area contributed by atoms with Crippen molar-refractivity contribution in [1.82, 2.24) is 9.80 Å². The van der Waals surface area contributed by atoms with Crippen LogP contribution < -0.4 is 0 Å². The predicted octanol–water partition coefficient (Wildman–Crippen LogP) is 2.55. The molecule has 1 heterocycles. The maximum atomic E-state index is 2.54. The Hall–Kier alpha value is -0.0800. The van der Waals surface area contributed by atoms with E-state index < -0.39 is 0 Å². The van der Waals surface area contributed by atoms with Crippen LogP contribution in [0.1, 0.15) is 35.6 Å². The Morgan fingerprint density at radius 3 is 1.77 bits per heavy atom. The molecule has 13 heavy (non-hydrogen) atoms. The van der Waals surface area contributed by atoms with Gasteiger partial charge in [-0.1, -0.05) is 29.2 Å². The molecule has 0 spiro atoms. The van der Waals surface area contributed by atoms with Crippen LogP contribution in [0, 0.1) is 0 Å². The van der Waals surface area contributed by atoms with E-state index >= 15 is 0 Å². The lowest BCUT2D eigenvalue weighted by molar-refractivity contribution is 0.154. The van der Waals surface area contributed by atoms with Gasteiger partial charge in [0.1, 0.15) is 0 Å². The maximum Gasteiger partial charge on any atom is 0.0110 e. The number of piperazine rings is 1. The summed E-state index contributed by atoms with van der Waals surface area (Å²) >= 11 is 0. The molecule has 2 heteroatoms. The molecule has 1 fully saturated rings. The zero-order valence-electron chi connectivity index (χ0n) is 7.14. The molecule has 0 bridgehead atoms. The monoisotopic (exact) mass is 190 g/mol. The van der Waals surface area contributed by atoms with Crippen LogP contribution in [0.4, 0.5) is 0 Å². The third kappa shape index (κ3) is 7.03. The van der Waals surface area contributed by atoms with Gasteiger partial charge in [-0.25, -0.2) is 0 Å². The highest BCUT2D eigenvalue weighted by atomic mass is 15.2. The molecule has 1 rings (SSSR count). The molecule has 84 valence electrons. The first-order valence-corrected chi connectivity index (χ1v) is 4.24. The largest absolute Gasteiger partial charge is 0.304 e. The lowest BCUT2D eigenvalue weighted by Gasteiger charge is -2.31. The second-order valence-corrected chi connectivity index (χ2v) is 3.14. The first kappa shape index (κ1) is 18.7. The standard InChI is InChI=1S/C8H18N2.3CH4/c1-3-4-10-7-5-9(2)6-8-10;;;/h3-8H2,1-2H3;3*1H4. The predicted molar refractivity (Wildman–Crippen MR) is 64.4 cm³/mol. The molecule has 0 aromatic rings. The van der Waals surface area contributed by atoms with E-state index in [2.05, 4.69) is 23.8 Å². The van der Waals surface area contributed by atoms with Crippen molar-refractivity contribution in [3.05, 3.63) is 0 Å². The van der Waals surface area contributed by atoms with Crippen LogP contribution in [0.25, 0.3) is 0 Å². The van der Waals surface area contributed by atoms with Gasteiger partial charge < -0.3 is 9.80 Å². The zero-order valence-corrected chi connectivity index (χ0v) is 7.14. The summed E-state index contributed by atoms with van der Waals surface area (Å²) in [6.07, 6.45) is 1.30. The molecule has 2 nitrogen and oxygen atoms in total. The van der Waals surface area contributed by atoms with Gasteiger partial charge >= 0.3 is 0 Å². The number of hydrogen-bond donors (Lipinski definition) is 0. The van der Waals surface area contributed by atoms with Crippen molar-refractivity contribution in [3.8, 4) is 0 Å². The van der Waals surface area contributed by atoms with Crippen LogP contribution in [0.15, 0.2) is 0 Å². The summed E-state index contributed by atoms with van der Waals surface area (Å²) in [7, 11) is 2.20. The van der Waals surface area contributed by atoms with Crippen molar-refractivity contribution in [2.24, 2.45) is 0 Å². The Labute approximate surface area is 85.9 Å². The Morgan fingerprint density at radius 1 is 0.923 bits per heavy atom. The van der Waals surface area contributed by atoms with Gasteiger partial charge in [0, 0.05) is 26.2 Å².